The lowest BCUT2D eigenvalue weighted by molar-refractivity contribution is 0.882. The average molecular weight is 456 g/mol. The Kier molecular flexibility index (Phi) is 3.99. The van der Waals surface area contributed by atoms with E-state index in [1.807, 2.05) is 22.9 Å². The van der Waals surface area contributed by atoms with Crippen LogP contribution in [0.25, 0.3) is 16.9 Å². The maximum atomic E-state index is 6.37. The zero-order valence-electron chi connectivity index (χ0n) is 12.0. The molecule has 4 rings (SSSR count). The van der Waals surface area contributed by atoms with Crippen LogP contribution in [0.3, 0.4) is 0 Å². The summed E-state index contributed by atoms with van der Waals surface area (Å²) in [5.74, 6) is 1.00. The highest BCUT2D eigenvalue weighted by atomic mass is 127. The predicted octanol–water partition coefficient (Wildman–Crippen LogP) is 5.42. The number of anilines is 1. The molecule has 23 heavy (non-hydrogen) atoms. The number of halogens is 3. The van der Waals surface area contributed by atoms with E-state index in [0.717, 1.165) is 35.7 Å². The Hall–Kier alpha value is -1.24. The van der Waals surface area contributed by atoms with Gasteiger partial charge in [0.15, 0.2) is 0 Å². The van der Waals surface area contributed by atoms with Gasteiger partial charge in [0, 0.05) is 26.3 Å². The van der Waals surface area contributed by atoms with E-state index < -0.39 is 0 Å². The van der Waals surface area contributed by atoms with Gasteiger partial charge in [0.1, 0.15) is 5.82 Å². The van der Waals surface area contributed by atoms with Crippen LogP contribution in [0, 0.1) is 3.57 Å². The molecule has 0 fully saturated rings. The first-order chi connectivity index (χ1) is 11.1. The largest absolute Gasteiger partial charge is 0.369 e. The van der Waals surface area contributed by atoms with Gasteiger partial charge in [-0.05, 0) is 53.3 Å². The van der Waals surface area contributed by atoms with Gasteiger partial charge >= 0.3 is 0 Å². The quantitative estimate of drug-likeness (QED) is 0.523. The van der Waals surface area contributed by atoms with E-state index in [-0.39, 0.29) is 0 Å². The Bertz CT molecular complexity index is 905. The summed E-state index contributed by atoms with van der Waals surface area (Å²) in [5, 5.41) is 9.53. The Morgan fingerprint density at radius 1 is 1.13 bits per heavy atom. The van der Waals surface area contributed by atoms with Gasteiger partial charge in [0.25, 0.3) is 0 Å². The fourth-order valence-electron chi connectivity index (χ4n) is 2.87. The third-order valence-electron chi connectivity index (χ3n) is 3.92. The number of hydrogen-bond donors (Lipinski definition) is 1. The molecule has 3 nitrogen and oxygen atoms in total. The summed E-state index contributed by atoms with van der Waals surface area (Å²) in [6.07, 6.45) is 0.952. The molecule has 0 saturated heterocycles. The molecule has 116 valence electrons. The topological polar surface area (TPSA) is 29.9 Å². The molecule has 1 N–H and O–H groups in total. The van der Waals surface area contributed by atoms with Crippen LogP contribution < -0.4 is 5.32 Å². The first-order valence-corrected chi connectivity index (χ1v) is 9.04. The summed E-state index contributed by atoms with van der Waals surface area (Å²) >= 11 is 14.9. The molecular weight excluding hydrogens is 444 g/mol. The average Bonchev–Trinajstić information content (AvgIpc) is 3.13. The van der Waals surface area contributed by atoms with E-state index in [2.05, 4.69) is 40.0 Å². The van der Waals surface area contributed by atoms with Crippen molar-refractivity contribution in [2.75, 3.05) is 11.9 Å². The minimum Gasteiger partial charge on any atom is -0.369 e. The van der Waals surface area contributed by atoms with Gasteiger partial charge in [-0.3, -0.25) is 0 Å². The van der Waals surface area contributed by atoms with Gasteiger partial charge in [-0.2, -0.15) is 5.10 Å². The van der Waals surface area contributed by atoms with Crippen LogP contribution in [0.15, 0.2) is 42.5 Å². The standard InChI is InChI=1S/C17H12Cl2IN3/c18-10-5-6-13(19)15(9-10)23-17-12(7-8-21-17)16(22-23)11-3-1-2-4-14(11)20/h1-6,9,21H,7-8H2. The molecule has 2 heterocycles. The summed E-state index contributed by atoms with van der Waals surface area (Å²) in [7, 11) is 0. The molecule has 0 atom stereocenters. The van der Waals surface area contributed by atoms with Crippen molar-refractivity contribution < 1.29 is 0 Å². The molecule has 0 saturated carbocycles. The fourth-order valence-corrected chi connectivity index (χ4v) is 3.87. The summed E-state index contributed by atoms with van der Waals surface area (Å²) in [6, 6.07) is 13.7. The van der Waals surface area contributed by atoms with Gasteiger partial charge in [-0.1, -0.05) is 41.4 Å². The van der Waals surface area contributed by atoms with E-state index in [1.165, 1.54) is 9.13 Å². The molecule has 0 radical (unpaired) electrons. The van der Waals surface area contributed by atoms with Crippen LogP contribution in [0.1, 0.15) is 5.56 Å². The van der Waals surface area contributed by atoms with Crippen LogP contribution in [-0.2, 0) is 6.42 Å². The van der Waals surface area contributed by atoms with Gasteiger partial charge in [-0.25, -0.2) is 4.68 Å². The number of hydrogen-bond acceptors (Lipinski definition) is 2. The van der Waals surface area contributed by atoms with Crippen molar-refractivity contribution in [3.05, 3.63) is 61.6 Å². The van der Waals surface area contributed by atoms with Crippen molar-refractivity contribution in [2.45, 2.75) is 6.42 Å². The lowest BCUT2D eigenvalue weighted by Gasteiger charge is -2.09. The molecule has 6 heteroatoms. The number of aromatic nitrogens is 2. The molecule has 0 bridgehead atoms. The number of benzene rings is 2. The van der Waals surface area contributed by atoms with Crippen molar-refractivity contribution in [3.8, 4) is 16.9 Å². The van der Waals surface area contributed by atoms with E-state index in [0.29, 0.717) is 10.0 Å². The molecule has 1 aromatic heterocycles. The molecule has 3 aromatic rings. The Morgan fingerprint density at radius 2 is 1.96 bits per heavy atom. The van der Waals surface area contributed by atoms with Crippen LogP contribution in [0.2, 0.25) is 10.0 Å². The van der Waals surface area contributed by atoms with Gasteiger partial charge in [0.05, 0.1) is 16.4 Å². The van der Waals surface area contributed by atoms with Gasteiger partial charge < -0.3 is 5.32 Å². The van der Waals surface area contributed by atoms with Crippen LogP contribution in [-0.4, -0.2) is 16.3 Å². The van der Waals surface area contributed by atoms with Crippen molar-refractivity contribution in [1.82, 2.24) is 9.78 Å². The monoisotopic (exact) mass is 455 g/mol. The summed E-state index contributed by atoms with van der Waals surface area (Å²) < 4.78 is 3.05. The predicted molar refractivity (Wildman–Crippen MR) is 104 cm³/mol. The first-order valence-electron chi connectivity index (χ1n) is 7.21. The Balaban J connectivity index is 1.96. The third-order valence-corrected chi connectivity index (χ3v) is 5.41. The summed E-state index contributed by atoms with van der Waals surface area (Å²) in [4.78, 5) is 0. The maximum absolute atomic E-state index is 6.37. The van der Waals surface area contributed by atoms with Crippen LogP contribution in [0.5, 0.6) is 0 Å². The van der Waals surface area contributed by atoms with E-state index in [9.17, 15) is 0 Å². The number of nitrogens with one attached hydrogen (secondary N) is 1. The number of rotatable bonds is 2. The normalized spacial score (nSPS) is 13.0. The van der Waals surface area contributed by atoms with Crippen molar-refractivity contribution in [1.29, 1.82) is 0 Å². The lowest BCUT2D eigenvalue weighted by atomic mass is 10.1. The molecule has 0 spiro atoms. The minimum atomic E-state index is 0.628. The molecule has 1 aliphatic rings. The fraction of sp³-hybridized carbons (Fsp3) is 0.118. The second-order valence-electron chi connectivity index (χ2n) is 5.34. The molecular formula is C17H12Cl2IN3. The van der Waals surface area contributed by atoms with Crippen molar-refractivity contribution >= 4 is 51.6 Å². The van der Waals surface area contributed by atoms with Gasteiger partial charge in [0.2, 0.25) is 0 Å². The van der Waals surface area contributed by atoms with E-state index >= 15 is 0 Å². The van der Waals surface area contributed by atoms with Gasteiger partial charge in [-0.15, -0.1) is 0 Å². The Labute approximate surface area is 157 Å². The highest BCUT2D eigenvalue weighted by molar-refractivity contribution is 14.1. The second kappa shape index (κ2) is 6.00. The highest BCUT2D eigenvalue weighted by Crippen LogP contribution is 2.38. The third kappa shape index (κ3) is 2.62. The molecule has 0 aliphatic carbocycles. The Morgan fingerprint density at radius 3 is 2.78 bits per heavy atom. The lowest BCUT2D eigenvalue weighted by Crippen LogP contribution is -2.05. The summed E-state index contributed by atoms with van der Waals surface area (Å²) in [6.45, 7) is 0.905. The molecule has 1 aliphatic heterocycles. The zero-order valence-corrected chi connectivity index (χ0v) is 15.7. The molecule has 0 amide bonds. The van der Waals surface area contributed by atoms with Crippen molar-refractivity contribution in [3.63, 3.8) is 0 Å². The highest BCUT2D eigenvalue weighted by Gasteiger charge is 2.25. The SMILES string of the molecule is Clc1ccc(Cl)c(-n2nc(-c3ccccc3I)c3c2NCC3)c1. The molecule has 2 aromatic carbocycles. The number of fused-ring (bicyclic) bond motifs is 1. The minimum absolute atomic E-state index is 0.628. The van der Waals surface area contributed by atoms with E-state index in [4.69, 9.17) is 28.3 Å². The zero-order chi connectivity index (χ0) is 16.0. The smallest absolute Gasteiger partial charge is 0.133 e. The maximum Gasteiger partial charge on any atom is 0.133 e. The first kappa shape index (κ1) is 15.3. The summed E-state index contributed by atoms with van der Waals surface area (Å²) in [5.41, 5.74) is 4.17. The molecule has 0 unspecified atom stereocenters. The van der Waals surface area contributed by atoms with E-state index in [1.54, 1.807) is 12.1 Å². The van der Waals surface area contributed by atoms with Crippen LogP contribution >= 0.6 is 45.8 Å². The second-order valence-corrected chi connectivity index (χ2v) is 7.35. The van der Waals surface area contributed by atoms with Crippen LogP contribution in [0.4, 0.5) is 5.82 Å². The van der Waals surface area contributed by atoms with Crippen molar-refractivity contribution in [2.24, 2.45) is 0 Å². The number of nitrogens with zero attached hydrogens (tertiary/aromatic N) is 2.